The van der Waals surface area contributed by atoms with Gasteiger partial charge in [-0.05, 0) is 19.9 Å². The second-order valence-corrected chi connectivity index (χ2v) is 13.5. The summed E-state index contributed by atoms with van der Waals surface area (Å²) in [5.41, 5.74) is 0. The minimum Gasteiger partial charge on any atom is -0.466 e. The van der Waals surface area contributed by atoms with Crippen LogP contribution in [0.4, 0.5) is 0 Å². The molecule has 0 radical (unpaired) electrons. The van der Waals surface area contributed by atoms with Crippen LogP contribution in [0.2, 0.25) is 0 Å². The van der Waals surface area contributed by atoms with E-state index < -0.39 is 0 Å². The van der Waals surface area contributed by atoms with Gasteiger partial charge in [0.15, 0.2) is 0 Å². The second-order valence-electron chi connectivity index (χ2n) is 13.5. The molecule has 0 saturated carbocycles. The van der Waals surface area contributed by atoms with Crippen molar-refractivity contribution in [3.05, 3.63) is 0 Å². The van der Waals surface area contributed by atoms with Gasteiger partial charge in [0.2, 0.25) is 0 Å². The summed E-state index contributed by atoms with van der Waals surface area (Å²) in [5, 5.41) is 3.31. The van der Waals surface area contributed by atoms with Gasteiger partial charge < -0.3 is 19.7 Å². The predicted octanol–water partition coefficient (Wildman–Crippen LogP) is 10.6. The van der Waals surface area contributed by atoms with Crippen molar-refractivity contribution >= 4 is 11.9 Å². The molecular formula is C39H78N2O4. The largest absolute Gasteiger partial charge is 0.466 e. The number of unbranched alkanes of at least 4 members (excludes halogenated alkanes) is 24. The summed E-state index contributed by atoms with van der Waals surface area (Å²) in [6.07, 6.45) is 35.2. The lowest BCUT2D eigenvalue weighted by Gasteiger charge is -2.16. The van der Waals surface area contributed by atoms with Gasteiger partial charge in [0.1, 0.15) is 0 Å². The fourth-order valence-electron chi connectivity index (χ4n) is 5.74. The van der Waals surface area contributed by atoms with Crippen molar-refractivity contribution in [2.45, 2.75) is 194 Å². The number of likely N-dealkylation sites (N-methyl/N-ethyl adjacent to an activating group) is 1. The van der Waals surface area contributed by atoms with Crippen molar-refractivity contribution in [3.63, 3.8) is 0 Å². The Bertz CT molecular complexity index is 616. The first-order chi connectivity index (χ1) is 22.1. The summed E-state index contributed by atoms with van der Waals surface area (Å²) in [4.78, 5) is 26.1. The van der Waals surface area contributed by atoms with E-state index in [0.717, 1.165) is 38.8 Å². The second kappa shape index (κ2) is 37.3. The van der Waals surface area contributed by atoms with Gasteiger partial charge >= 0.3 is 11.9 Å². The zero-order valence-electron chi connectivity index (χ0n) is 30.6. The molecule has 0 amide bonds. The number of hydrogen-bond donors (Lipinski definition) is 1. The average molecular weight is 639 g/mol. The number of hydrogen-bond acceptors (Lipinski definition) is 6. The highest BCUT2D eigenvalue weighted by Crippen LogP contribution is 2.14. The molecule has 0 atom stereocenters. The maximum atomic E-state index is 12.0. The fraction of sp³-hybridized carbons (Fsp3) is 0.949. The predicted molar refractivity (Wildman–Crippen MR) is 193 cm³/mol. The van der Waals surface area contributed by atoms with Crippen LogP contribution in [0.15, 0.2) is 0 Å². The normalized spacial score (nSPS) is 11.4. The van der Waals surface area contributed by atoms with Gasteiger partial charge in [0, 0.05) is 26.2 Å². The topological polar surface area (TPSA) is 67.9 Å². The van der Waals surface area contributed by atoms with Crippen LogP contribution in [-0.4, -0.2) is 63.3 Å². The molecule has 0 rings (SSSR count). The smallest absolute Gasteiger partial charge is 0.307 e. The van der Waals surface area contributed by atoms with Crippen LogP contribution in [0, 0.1) is 0 Å². The third-order valence-corrected chi connectivity index (χ3v) is 8.90. The lowest BCUT2D eigenvalue weighted by atomic mass is 10.0. The van der Waals surface area contributed by atoms with Crippen LogP contribution in [0.5, 0.6) is 0 Å². The average Bonchev–Trinajstić information content (AvgIpc) is 3.04. The quantitative estimate of drug-likeness (QED) is 0.0539. The van der Waals surface area contributed by atoms with Crippen molar-refractivity contribution in [2.75, 3.05) is 46.4 Å². The van der Waals surface area contributed by atoms with Crippen molar-refractivity contribution in [3.8, 4) is 0 Å². The number of esters is 2. The zero-order valence-corrected chi connectivity index (χ0v) is 30.6. The Morgan fingerprint density at radius 1 is 0.444 bits per heavy atom. The van der Waals surface area contributed by atoms with Crippen LogP contribution < -0.4 is 5.32 Å². The Hall–Kier alpha value is -1.14. The van der Waals surface area contributed by atoms with Gasteiger partial charge in [0.25, 0.3) is 0 Å². The first-order valence-corrected chi connectivity index (χ1v) is 19.8. The maximum Gasteiger partial charge on any atom is 0.307 e. The van der Waals surface area contributed by atoms with E-state index in [4.69, 9.17) is 9.47 Å². The Morgan fingerprint density at radius 2 is 0.778 bits per heavy atom. The molecule has 0 fully saturated rings. The van der Waals surface area contributed by atoms with Gasteiger partial charge in [-0.25, -0.2) is 0 Å². The summed E-state index contributed by atoms with van der Waals surface area (Å²) in [6.45, 7) is 8.60. The van der Waals surface area contributed by atoms with Gasteiger partial charge in [-0.3, -0.25) is 9.59 Å². The highest BCUT2D eigenvalue weighted by atomic mass is 16.5. The van der Waals surface area contributed by atoms with Crippen molar-refractivity contribution in [1.29, 1.82) is 0 Å². The van der Waals surface area contributed by atoms with E-state index >= 15 is 0 Å². The van der Waals surface area contributed by atoms with Crippen LogP contribution in [0.3, 0.4) is 0 Å². The number of rotatable bonds is 37. The van der Waals surface area contributed by atoms with Crippen LogP contribution in [0.1, 0.15) is 194 Å². The molecular weight excluding hydrogens is 560 g/mol. The summed E-state index contributed by atoms with van der Waals surface area (Å²) in [7, 11) is 2.02. The number of nitrogens with zero attached hydrogens (tertiary/aromatic N) is 1. The molecule has 0 heterocycles. The molecule has 0 aromatic carbocycles. The van der Waals surface area contributed by atoms with E-state index in [1.54, 1.807) is 0 Å². The molecule has 1 N–H and O–H groups in total. The third-order valence-electron chi connectivity index (χ3n) is 8.90. The molecule has 0 aliphatic heterocycles. The first kappa shape index (κ1) is 43.9. The maximum absolute atomic E-state index is 12.0. The fourth-order valence-corrected chi connectivity index (χ4v) is 5.74. The highest BCUT2D eigenvalue weighted by Gasteiger charge is 2.07. The Kier molecular flexibility index (Phi) is 36.4. The van der Waals surface area contributed by atoms with Gasteiger partial charge in [-0.2, -0.15) is 0 Å². The number of nitrogens with one attached hydrogen (secondary N) is 1. The van der Waals surface area contributed by atoms with E-state index in [1.807, 2.05) is 7.05 Å². The van der Waals surface area contributed by atoms with E-state index in [0.29, 0.717) is 39.1 Å². The molecule has 6 heteroatoms. The number of ether oxygens (including phenoxy) is 2. The number of carbonyl (C=O) groups excluding carboxylic acids is 2. The monoisotopic (exact) mass is 639 g/mol. The van der Waals surface area contributed by atoms with E-state index in [-0.39, 0.29) is 11.9 Å². The van der Waals surface area contributed by atoms with Crippen LogP contribution >= 0.6 is 0 Å². The molecule has 6 nitrogen and oxygen atoms in total. The molecule has 0 aliphatic rings. The summed E-state index contributed by atoms with van der Waals surface area (Å²) >= 11 is 0. The molecule has 268 valence electrons. The van der Waals surface area contributed by atoms with Gasteiger partial charge in [0.05, 0.1) is 26.1 Å². The Labute approximate surface area is 280 Å². The Morgan fingerprint density at radius 3 is 1.16 bits per heavy atom. The SMILES string of the molecule is CCCCCCCCCCCCCCCOC(=O)CCNCCN(C)CCC(=O)OCCCCCCCCCCCCCCC. The highest BCUT2D eigenvalue weighted by molar-refractivity contribution is 5.69. The van der Waals surface area contributed by atoms with Gasteiger partial charge in [-0.1, -0.05) is 168 Å². The lowest BCUT2D eigenvalue weighted by molar-refractivity contribution is -0.144. The standard InChI is InChI=1S/C39H78N2O4/c1-4-6-8-10-12-14-16-18-20-22-24-26-28-36-44-38(42)30-32-40-33-35-41(3)34-31-39(43)45-37-29-27-25-23-21-19-17-15-13-11-9-7-5-2/h40H,4-37H2,1-3H3. The summed E-state index contributed by atoms with van der Waals surface area (Å²) in [5.74, 6) is -0.207. The Balaban J connectivity index is 3.36. The first-order valence-electron chi connectivity index (χ1n) is 19.8. The minimum atomic E-state index is -0.110. The van der Waals surface area contributed by atoms with E-state index in [1.165, 1.54) is 141 Å². The van der Waals surface area contributed by atoms with Crippen molar-refractivity contribution < 1.29 is 19.1 Å². The molecule has 0 spiro atoms. The summed E-state index contributed by atoms with van der Waals surface area (Å²) < 4.78 is 10.8. The molecule has 0 aromatic rings. The number of carbonyl (C=O) groups is 2. The lowest BCUT2D eigenvalue weighted by Crippen LogP contribution is -2.32. The van der Waals surface area contributed by atoms with E-state index in [2.05, 4.69) is 24.1 Å². The van der Waals surface area contributed by atoms with Gasteiger partial charge in [-0.15, -0.1) is 0 Å². The third kappa shape index (κ3) is 37.2. The molecule has 45 heavy (non-hydrogen) atoms. The van der Waals surface area contributed by atoms with Crippen molar-refractivity contribution in [2.24, 2.45) is 0 Å². The molecule has 0 bridgehead atoms. The van der Waals surface area contributed by atoms with Crippen molar-refractivity contribution in [1.82, 2.24) is 10.2 Å². The zero-order chi connectivity index (χ0) is 32.9. The minimum absolute atomic E-state index is 0.0972. The molecule has 0 saturated heterocycles. The molecule has 0 aromatic heterocycles. The molecule has 0 unspecified atom stereocenters. The van der Waals surface area contributed by atoms with Crippen LogP contribution in [-0.2, 0) is 19.1 Å². The summed E-state index contributed by atoms with van der Waals surface area (Å²) in [6, 6.07) is 0. The van der Waals surface area contributed by atoms with Crippen LogP contribution in [0.25, 0.3) is 0 Å². The van der Waals surface area contributed by atoms with E-state index in [9.17, 15) is 9.59 Å². The molecule has 0 aliphatic carbocycles.